The van der Waals surface area contributed by atoms with E-state index < -0.39 is 0 Å². The van der Waals surface area contributed by atoms with E-state index in [9.17, 15) is 9.59 Å². The second-order valence-corrected chi connectivity index (χ2v) is 5.95. The number of carbonyl (C=O) groups excluding carboxylic acids is 2. The molecule has 0 fully saturated rings. The van der Waals surface area contributed by atoms with Crippen molar-refractivity contribution in [2.45, 2.75) is 40.3 Å². The minimum absolute atomic E-state index is 0.134. The van der Waals surface area contributed by atoms with E-state index in [-0.39, 0.29) is 24.5 Å². The zero-order valence-corrected chi connectivity index (χ0v) is 14.3. The first-order chi connectivity index (χ1) is 10.9. The van der Waals surface area contributed by atoms with Crippen LogP contribution >= 0.6 is 0 Å². The van der Waals surface area contributed by atoms with E-state index in [2.05, 4.69) is 29.8 Å². The molecule has 0 atom stereocenters. The molecule has 1 aromatic rings. The molecule has 6 nitrogen and oxygen atoms in total. The summed E-state index contributed by atoms with van der Waals surface area (Å²) in [5.41, 5.74) is 1.57. The highest BCUT2D eigenvalue weighted by molar-refractivity contribution is 5.89. The zero-order valence-electron chi connectivity index (χ0n) is 14.3. The summed E-state index contributed by atoms with van der Waals surface area (Å²) in [7, 11) is 0. The normalized spacial score (nSPS) is 10.7. The number of amides is 2. The van der Waals surface area contributed by atoms with Gasteiger partial charge in [0, 0.05) is 24.8 Å². The Balaban J connectivity index is 2.33. The maximum absolute atomic E-state index is 11.7. The van der Waals surface area contributed by atoms with Crippen LogP contribution in [-0.4, -0.2) is 31.1 Å². The topological polar surface area (TPSA) is 79.5 Å². The van der Waals surface area contributed by atoms with E-state index in [1.807, 2.05) is 12.1 Å². The second-order valence-electron chi connectivity index (χ2n) is 5.95. The van der Waals surface area contributed by atoms with Gasteiger partial charge in [-0.05, 0) is 17.7 Å². The van der Waals surface area contributed by atoms with Crippen LogP contribution in [-0.2, 0) is 16.1 Å². The van der Waals surface area contributed by atoms with Crippen molar-refractivity contribution in [1.82, 2.24) is 10.6 Å². The van der Waals surface area contributed by atoms with Crippen LogP contribution in [0.15, 0.2) is 24.3 Å². The van der Waals surface area contributed by atoms with Crippen molar-refractivity contribution < 1.29 is 14.3 Å². The van der Waals surface area contributed by atoms with Gasteiger partial charge in [-0.15, -0.1) is 0 Å². The standard InChI is InChI=1S/C17H27N3O3/c1-12(2)16(21)23-11-14-5-7-15(8-6-14)20-17(22)19-10-9-18-13(3)4/h5-8,12-13,18H,9-11H2,1-4H3,(H2,19,20,22). The van der Waals surface area contributed by atoms with Crippen molar-refractivity contribution in [3.8, 4) is 0 Å². The highest BCUT2D eigenvalue weighted by Crippen LogP contribution is 2.11. The van der Waals surface area contributed by atoms with Crippen LogP contribution < -0.4 is 16.0 Å². The lowest BCUT2D eigenvalue weighted by Gasteiger charge is -2.11. The molecule has 0 aliphatic carbocycles. The molecule has 0 saturated heterocycles. The van der Waals surface area contributed by atoms with Gasteiger partial charge in [-0.25, -0.2) is 4.79 Å². The lowest BCUT2D eigenvalue weighted by molar-refractivity contribution is -0.148. The number of rotatable bonds is 8. The molecule has 0 unspecified atom stereocenters. The molecule has 0 aromatic heterocycles. The van der Waals surface area contributed by atoms with E-state index in [0.29, 0.717) is 18.3 Å². The molecule has 0 aliphatic heterocycles. The largest absolute Gasteiger partial charge is 0.461 e. The van der Waals surface area contributed by atoms with Crippen molar-refractivity contribution in [2.75, 3.05) is 18.4 Å². The van der Waals surface area contributed by atoms with E-state index in [1.165, 1.54) is 0 Å². The molecule has 0 bridgehead atoms. The van der Waals surface area contributed by atoms with Crippen LogP contribution in [0, 0.1) is 5.92 Å². The lowest BCUT2D eigenvalue weighted by atomic mass is 10.2. The van der Waals surface area contributed by atoms with E-state index >= 15 is 0 Å². The molecule has 0 spiro atoms. The summed E-state index contributed by atoms with van der Waals surface area (Å²) >= 11 is 0. The van der Waals surface area contributed by atoms with Crippen molar-refractivity contribution in [2.24, 2.45) is 5.92 Å². The van der Waals surface area contributed by atoms with Gasteiger partial charge in [0.15, 0.2) is 0 Å². The molecular formula is C17H27N3O3. The van der Waals surface area contributed by atoms with Crippen molar-refractivity contribution in [3.05, 3.63) is 29.8 Å². The lowest BCUT2D eigenvalue weighted by Crippen LogP contribution is -2.36. The third kappa shape index (κ3) is 8.21. The average molecular weight is 321 g/mol. The number of hydrogen-bond donors (Lipinski definition) is 3. The van der Waals surface area contributed by atoms with E-state index in [0.717, 1.165) is 12.1 Å². The summed E-state index contributed by atoms with van der Waals surface area (Å²) < 4.78 is 5.15. The minimum atomic E-state index is -0.241. The fraction of sp³-hybridized carbons (Fsp3) is 0.529. The smallest absolute Gasteiger partial charge is 0.319 e. The number of carbonyl (C=O) groups is 2. The maximum atomic E-state index is 11.7. The molecule has 1 aromatic carbocycles. The molecule has 3 N–H and O–H groups in total. The molecule has 2 amide bonds. The number of benzene rings is 1. The quantitative estimate of drug-likeness (QED) is 0.508. The van der Waals surface area contributed by atoms with Gasteiger partial charge in [-0.2, -0.15) is 0 Å². The van der Waals surface area contributed by atoms with Gasteiger partial charge >= 0.3 is 12.0 Å². The van der Waals surface area contributed by atoms with Crippen molar-refractivity contribution >= 4 is 17.7 Å². The summed E-state index contributed by atoms with van der Waals surface area (Å²) in [5.74, 6) is -0.355. The van der Waals surface area contributed by atoms with Crippen molar-refractivity contribution in [3.63, 3.8) is 0 Å². The molecular weight excluding hydrogens is 294 g/mol. The summed E-state index contributed by atoms with van der Waals surface area (Å²) in [5, 5.41) is 8.75. The van der Waals surface area contributed by atoms with Crippen LogP contribution in [0.1, 0.15) is 33.3 Å². The summed E-state index contributed by atoms with van der Waals surface area (Å²) in [6.45, 7) is 9.23. The van der Waals surface area contributed by atoms with Gasteiger partial charge in [0.1, 0.15) is 6.61 Å². The number of anilines is 1. The predicted molar refractivity (Wildman–Crippen MR) is 91.2 cm³/mol. The number of esters is 1. The Kier molecular flexibility index (Phi) is 8.11. The molecule has 0 saturated carbocycles. The Hall–Kier alpha value is -2.08. The van der Waals surface area contributed by atoms with Crippen LogP contribution in [0.3, 0.4) is 0 Å². The molecule has 0 heterocycles. The Morgan fingerprint density at radius 1 is 1.04 bits per heavy atom. The van der Waals surface area contributed by atoms with Gasteiger partial charge in [-0.3, -0.25) is 4.79 Å². The zero-order chi connectivity index (χ0) is 17.2. The monoisotopic (exact) mass is 321 g/mol. The van der Waals surface area contributed by atoms with Gasteiger partial charge in [-0.1, -0.05) is 39.8 Å². The minimum Gasteiger partial charge on any atom is -0.461 e. The first-order valence-electron chi connectivity index (χ1n) is 7.92. The Labute approximate surface area is 138 Å². The number of hydrogen-bond acceptors (Lipinski definition) is 4. The summed E-state index contributed by atoms with van der Waals surface area (Å²) in [6.07, 6.45) is 0. The fourth-order valence-corrected chi connectivity index (χ4v) is 1.72. The number of urea groups is 1. The summed E-state index contributed by atoms with van der Waals surface area (Å²) in [6, 6.07) is 7.37. The first kappa shape index (κ1) is 19.0. The molecule has 128 valence electrons. The van der Waals surface area contributed by atoms with Gasteiger partial charge in [0.2, 0.25) is 0 Å². The molecule has 6 heteroatoms. The highest BCUT2D eigenvalue weighted by atomic mass is 16.5. The highest BCUT2D eigenvalue weighted by Gasteiger charge is 2.08. The van der Waals surface area contributed by atoms with Crippen LogP contribution in [0.5, 0.6) is 0 Å². The fourth-order valence-electron chi connectivity index (χ4n) is 1.72. The third-order valence-electron chi connectivity index (χ3n) is 3.03. The molecule has 23 heavy (non-hydrogen) atoms. The molecule has 0 aliphatic rings. The SMILES string of the molecule is CC(C)NCCNC(=O)Nc1ccc(COC(=O)C(C)C)cc1. The Bertz CT molecular complexity index is 498. The summed E-state index contributed by atoms with van der Waals surface area (Å²) in [4.78, 5) is 23.1. The third-order valence-corrected chi connectivity index (χ3v) is 3.03. The Morgan fingerprint density at radius 3 is 2.26 bits per heavy atom. The number of ether oxygens (including phenoxy) is 1. The van der Waals surface area contributed by atoms with Gasteiger partial charge in [0.05, 0.1) is 5.92 Å². The Morgan fingerprint density at radius 2 is 1.70 bits per heavy atom. The first-order valence-corrected chi connectivity index (χ1v) is 7.92. The predicted octanol–water partition coefficient (Wildman–Crippen LogP) is 2.51. The maximum Gasteiger partial charge on any atom is 0.319 e. The number of nitrogens with one attached hydrogen (secondary N) is 3. The van der Waals surface area contributed by atoms with Gasteiger partial charge in [0.25, 0.3) is 0 Å². The molecule has 1 rings (SSSR count). The second kappa shape index (κ2) is 9.84. The van der Waals surface area contributed by atoms with Crippen molar-refractivity contribution in [1.29, 1.82) is 0 Å². The van der Waals surface area contributed by atoms with Crippen LogP contribution in [0.25, 0.3) is 0 Å². The van der Waals surface area contributed by atoms with Gasteiger partial charge < -0.3 is 20.7 Å². The van der Waals surface area contributed by atoms with E-state index in [1.54, 1.807) is 26.0 Å². The molecule has 0 radical (unpaired) electrons. The van der Waals surface area contributed by atoms with E-state index in [4.69, 9.17) is 4.74 Å². The van der Waals surface area contributed by atoms with Crippen LogP contribution in [0.4, 0.5) is 10.5 Å². The van der Waals surface area contributed by atoms with Crippen LogP contribution in [0.2, 0.25) is 0 Å². The average Bonchev–Trinajstić information content (AvgIpc) is 2.50.